The molecule has 0 atom stereocenters. The Morgan fingerprint density at radius 3 is 2.14 bits per heavy atom. The standard InChI is InChI=1S/C9H7F3OSi/c10-9(11,12)13-8-3-1-7(2-4-8)5-6-14/h1-4H,14H3. The van der Waals surface area contributed by atoms with Gasteiger partial charge in [0.05, 0.1) is 10.2 Å². The van der Waals surface area contributed by atoms with Crippen LogP contribution in [0, 0.1) is 11.5 Å². The molecule has 0 saturated carbocycles. The van der Waals surface area contributed by atoms with Gasteiger partial charge in [-0.1, -0.05) is 5.92 Å². The highest BCUT2D eigenvalue weighted by Gasteiger charge is 2.30. The second-order valence-corrected chi connectivity index (χ2v) is 2.95. The van der Waals surface area contributed by atoms with Gasteiger partial charge >= 0.3 is 6.36 Å². The third-order valence-corrected chi connectivity index (χ3v) is 1.61. The molecule has 0 N–H and O–H groups in total. The van der Waals surface area contributed by atoms with Crippen LogP contribution in [-0.2, 0) is 0 Å². The average molecular weight is 216 g/mol. The van der Waals surface area contributed by atoms with Gasteiger partial charge in [0, 0.05) is 5.56 Å². The molecule has 0 unspecified atom stereocenters. The predicted molar refractivity (Wildman–Crippen MR) is 49.9 cm³/mol. The Balaban J connectivity index is 2.77. The minimum atomic E-state index is -4.63. The lowest BCUT2D eigenvalue weighted by Gasteiger charge is -2.07. The van der Waals surface area contributed by atoms with Crippen LogP contribution in [0.1, 0.15) is 5.56 Å². The Labute approximate surface area is 82.3 Å². The van der Waals surface area contributed by atoms with Crippen molar-refractivity contribution in [3.05, 3.63) is 29.8 Å². The fraction of sp³-hybridized carbons (Fsp3) is 0.111. The first-order chi connectivity index (χ1) is 6.51. The van der Waals surface area contributed by atoms with Crippen LogP contribution in [0.4, 0.5) is 13.2 Å². The normalized spacial score (nSPS) is 10.5. The van der Waals surface area contributed by atoms with E-state index < -0.39 is 6.36 Å². The molecule has 0 aliphatic heterocycles. The van der Waals surface area contributed by atoms with Gasteiger partial charge in [-0.25, -0.2) is 0 Å². The molecule has 0 aromatic heterocycles. The molecule has 74 valence electrons. The summed E-state index contributed by atoms with van der Waals surface area (Å²) in [5.74, 6) is 2.55. The summed E-state index contributed by atoms with van der Waals surface area (Å²) in [7, 11) is 0.743. The zero-order valence-electron chi connectivity index (χ0n) is 7.35. The predicted octanol–water partition coefficient (Wildman–Crippen LogP) is 1.26. The van der Waals surface area contributed by atoms with Crippen LogP contribution < -0.4 is 4.74 Å². The molecule has 1 rings (SSSR count). The van der Waals surface area contributed by atoms with Gasteiger partial charge in [-0.3, -0.25) is 0 Å². The summed E-state index contributed by atoms with van der Waals surface area (Å²) in [6, 6.07) is 5.47. The van der Waals surface area contributed by atoms with Gasteiger partial charge in [0.2, 0.25) is 0 Å². The lowest BCUT2D eigenvalue weighted by atomic mass is 10.2. The maximum atomic E-state index is 11.7. The highest BCUT2D eigenvalue weighted by Crippen LogP contribution is 2.22. The van der Waals surface area contributed by atoms with E-state index in [0.717, 1.165) is 10.2 Å². The van der Waals surface area contributed by atoms with E-state index in [1.807, 2.05) is 0 Å². The largest absolute Gasteiger partial charge is 0.573 e. The molecular formula is C9H7F3OSi. The van der Waals surface area contributed by atoms with Crippen LogP contribution in [0.5, 0.6) is 5.75 Å². The second kappa shape index (κ2) is 4.20. The van der Waals surface area contributed by atoms with E-state index >= 15 is 0 Å². The van der Waals surface area contributed by atoms with E-state index in [0.29, 0.717) is 5.56 Å². The van der Waals surface area contributed by atoms with Crippen molar-refractivity contribution in [2.24, 2.45) is 0 Å². The van der Waals surface area contributed by atoms with Crippen molar-refractivity contribution in [3.63, 3.8) is 0 Å². The number of hydrogen-bond donors (Lipinski definition) is 0. The summed E-state index contributed by atoms with van der Waals surface area (Å²) < 4.78 is 38.9. The molecule has 0 amide bonds. The molecule has 0 radical (unpaired) electrons. The van der Waals surface area contributed by atoms with E-state index in [9.17, 15) is 13.2 Å². The van der Waals surface area contributed by atoms with E-state index in [1.54, 1.807) is 0 Å². The molecule has 0 saturated heterocycles. The molecule has 0 aliphatic carbocycles. The molecule has 5 heteroatoms. The number of hydrogen-bond acceptors (Lipinski definition) is 1. The van der Waals surface area contributed by atoms with E-state index in [2.05, 4.69) is 16.2 Å². The van der Waals surface area contributed by atoms with Crippen molar-refractivity contribution in [1.29, 1.82) is 0 Å². The van der Waals surface area contributed by atoms with Crippen molar-refractivity contribution in [2.45, 2.75) is 6.36 Å². The Morgan fingerprint density at radius 1 is 1.14 bits per heavy atom. The van der Waals surface area contributed by atoms with Crippen LogP contribution >= 0.6 is 0 Å². The summed E-state index contributed by atoms with van der Waals surface area (Å²) in [5.41, 5.74) is 3.47. The van der Waals surface area contributed by atoms with Crippen molar-refractivity contribution in [3.8, 4) is 17.2 Å². The second-order valence-electron chi connectivity index (χ2n) is 2.45. The maximum absolute atomic E-state index is 11.7. The van der Waals surface area contributed by atoms with Crippen LogP contribution in [0.2, 0.25) is 0 Å². The summed E-state index contributed by atoms with van der Waals surface area (Å²) in [6.07, 6.45) is -4.63. The van der Waals surface area contributed by atoms with Gasteiger partial charge in [-0.15, -0.1) is 18.7 Å². The molecule has 0 fully saturated rings. The molecule has 0 aliphatic rings. The number of rotatable bonds is 1. The van der Waals surface area contributed by atoms with E-state index in [-0.39, 0.29) is 5.75 Å². The fourth-order valence-electron chi connectivity index (χ4n) is 0.884. The number of ether oxygens (including phenoxy) is 1. The molecular weight excluding hydrogens is 209 g/mol. The van der Waals surface area contributed by atoms with Gasteiger partial charge in [0.25, 0.3) is 0 Å². The third kappa shape index (κ3) is 3.54. The SMILES string of the molecule is FC(F)(F)Oc1ccc(C#C[SiH3])cc1. The van der Waals surface area contributed by atoms with E-state index in [4.69, 9.17) is 0 Å². The van der Waals surface area contributed by atoms with Crippen molar-refractivity contribution in [2.75, 3.05) is 0 Å². The quantitative estimate of drug-likeness (QED) is 0.507. The summed E-state index contributed by atoms with van der Waals surface area (Å²) in [6.45, 7) is 0. The first-order valence-electron chi connectivity index (χ1n) is 3.80. The first-order valence-corrected chi connectivity index (χ1v) is 4.80. The summed E-state index contributed by atoms with van der Waals surface area (Å²) >= 11 is 0. The van der Waals surface area contributed by atoms with Crippen molar-refractivity contribution >= 4 is 10.2 Å². The summed E-state index contributed by atoms with van der Waals surface area (Å²) in [5, 5.41) is 0. The Bertz CT molecular complexity index is 358. The van der Waals surface area contributed by atoms with Gasteiger partial charge in [0.15, 0.2) is 0 Å². The zero-order chi connectivity index (χ0) is 10.6. The Kier molecular flexibility index (Phi) is 3.20. The van der Waals surface area contributed by atoms with Crippen molar-refractivity contribution < 1.29 is 17.9 Å². The minimum Gasteiger partial charge on any atom is -0.406 e. The molecule has 14 heavy (non-hydrogen) atoms. The maximum Gasteiger partial charge on any atom is 0.573 e. The summed E-state index contributed by atoms with van der Waals surface area (Å²) in [4.78, 5) is 0. The average Bonchev–Trinajstić information content (AvgIpc) is 2.06. The van der Waals surface area contributed by atoms with E-state index in [1.165, 1.54) is 24.3 Å². The number of halogens is 3. The van der Waals surface area contributed by atoms with Crippen LogP contribution in [0.25, 0.3) is 0 Å². The lowest BCUT2D eigenvalue weighted by molar-refractivity contribution is -0.274. The molecule has 1 aromatic carbocycles. The lowest BCUT2D eigenvalue weighted by Crippen LogP contribution is -2.16. The van der Waals surface area contributed by atoms with Gasteiger partial charge in [-0.2, -0.15) is 0 Å². The van der Waals surface area contributed by atoms with Crippen LogP contribution in [-0.4, -0.2) is 16.6 Å². The number of benzene rings is 1. The topological polar surface area (TPSA) is 9.23 Å². The first kappa shape index (κ1) is 10.7. The Morgan fingerprint density at radius 2 is 1.71 bits per heavy atom. The van der Waals surface area contributed by atoms with Crippen LogP contribution in [0.3, 0.4) is 0 Å². The molecule has 0 bridgehead atoms. The van der Waals surface area contributed by atoms with Gasteiger partial charge in [-0.05, 0) is 24.3 Å². The molecule has 1 aromatic rings. The van der Waals surface area contributed by atoms with Gasteiger partial charge < -0.3 is 4.74 Å². The molecule has 0 heterocycles. The smallest absolute Gasteiger partial charge is 0.406 e. The Hall–Kier alpha value is -1.41. The zero-order valence-corrected chi connectivity index (χ0v) is 9.35. The van der Waals surface area contributed by atoms with Crippen molar-refractivity contribution in [1.82, 2.24) is 0 Å². The highest BCUT2D eigenvalue weighted by molar-refractivity contribution is 6.22. The monoisotopic (exact) mass is 216 g/mol. The third-order valence-electron chi connectivity index (χ3n) is 1.36. The van der Waals surface area contributed by atoms with Gasteiger partial charge in [0.1, 0.15) is 5.75 Å². The number of alkyl halides is 3. The molecule has 1 nitrogen and oxygen atoms in total. The van der Waals surface area contributed by atoms with Crippen LogP contribution in [0.15, 0.2) is 24.3 Å². The highest BCUT2D eigenvalue weighted by atomic mass is 28.1. The molecule has 0 spiro atoms. The fourth-order valence-corrected chi connectivity index (χ4v) is 1.17. The minimum absolute atomic E-state index is 0.226.